The summed E-state index contributed by atoms with van der Waals surface area (Å²) < 4.78 is 12.4. The average molecular weight is 256 g/mol. The summed E-state index contributed by atoms with van der Waals surface area (Å²) in [5.41, 5.74) is 0.621. The summed E-state index contributed by atoms with van der Waals surface area (Å²) in [5.74, 6) is -0.0294. The third-order valence-corrected chi connectivity index (χ3v) is 2.28. The minimum absolute atomic E-state index is 0.0294. The molecule has 0 fully saturated rings. The van der Waals surface area contributed by atoms with E-state index in [-0.39, 0.29) is 5.91 Å². The van der Waals surface area contributed by atoms with Gasteiger partial charge in [0.2, 0.25) is 12.2 Å². The lowest BCUT2D eigenvalue weighted by Crippen LogP contribution is -2.19. The van der Waals surface area contributed by atoms with Crippen molar-refractivity contribution in [3.63, 3.8) is 0 Å². The molecule has 0 saturated carbocycles. The zero-order valence-corrected chi connectivity index (χ0v) is 11.0. The molecule has 1 rings (SSSR count). The van der Waals surface area contributed by atoms with Crippen molar-refractivity contribution in [1.82, 2.24) is 20.3 Å². The maximum absolute atomic E-state index is 11.1. The standard InChI is InChI=1S/C11H20N4O3/c1-4-17-11(18-5-2)9-8-15(14-13-9)7-6-10(16)12-3/h8,11H,4-7H2,1-3H3,(H,12,16). The molecule has 102 valence electrons. The first-order chi connectivity index (χ1) is 8.71. The predicted octanol–water partition coefficient (Wildman–Crippen LogP) is 0.486. The number of aromatic nitrogens is 3. The normalized spacial score (nSPS) is 10.9. The fourth-order valence-corrected chi connectivity index (χ4v) is 1.39. The molecule has 1 N–H and O–H groups in total. The Morgan fingerprint density at radius 3 is 2.67 bits per heavy atom. The Bertz CT molecular complexity index is 361. The van der Waals surface area contributed by atoms with E-state index in [2.05, 4.69) is 15.6 Å². The van der Waals surface area contributed by atoms with Gasteiger partial charge in [0.15, 0.2) is 0 Å². The van der Waals surface area contributed by atoms with Crippen LogP contribution >= 0.6 is 0 Å². The van der Waals surface area contributed by atoms with Crippen molar-refractivity contribution < 1.29 is 14.3 Å². The molecule has 0 aliphatic rings. The lowest BCUT2D eigenvalue weighted by molar-refractivity contribution is -0.142. The van der Waals surface area contributed by atoms with Crippen LogP contribution in [0.1, 0.15) is 32.3 Å². The minimum atomic E-state index is -0.492. The van der Waals surface area contributed by atoms with Crippen LogP contribution < -0.4 is 5.32 Å². The fraction of sp³-hybridized carbons (Fsp3) is 0.727. The third kappa shape index (κ3) is 4.42. The number of amides is 1. The van der Waals surface area contributed by atoms with E-state index < -0.39 is 6.29 Å². The summed E-state index contributed by atoms with van der Waals surface area (Å²) in [6.07, 6.45) is 1.61. The van der Waals surface area contributed by atoms with E-state index in [0.717, 1.165) is 0 Å². The van der Waals surface area contributed by atoms with E-state index in [4.69, 9.17) is 9.47 Å². The van der Waals surface area contributed by atoms with E-state index in [1.807, 2.05) is 13.8 Å². The number of carbonyl (C=O) groups excluding carboxylic acids is 1. The SMILES string of the molecule is CCOC(OCC)c1cn(CCC(=O)NC)nn1. The van der Waals surface area contributed by atoms with Crippen LogP contribution in [0.15, 0.2) is 6.20 Å². The molecule has 7 nitrogen and oxygen atoms in total. The quantitative estimate of drug-likeness (QED) is 0.685. The van der Waals surface area contributed by atoms with E-state index in [1.54, 1.807) is 17.9 Å². The van der Waals surface area contributed by atoms with E-state index in [0.29, 0.717) is 31.9 Å². The molecule has 1 aromatic heterocycles. The van der Waals surface area contributed by atoms with Gasteiger partial charge in [-0.05, 0) is 13.8 Å². The molecule has 1 heterocycles. The molecule has 0 bridgehead atoms. The molecular formula is C11H20N4O3. The van der Waals surface area contributed by atoms with E-state index in [9.17, 15) is 4.79 Å². The molecule has 0 saturated heterocycles. The zero-order valence-electron chi connectivity index (χ0n) is 11.0. The summed E-state index contributed by atoms with van der Waals surface area (Å²) in [6, 6.07) is 0. The summed E-state index contributed by atoms with van der Waals surface area (Å²) in [6.45, 7) is 5.34. The highest BCUT2D eigenvalue weighted by Gasteiger charge is 2.15. The Hall–Kier alpha value is -1.47. The fourth-order valence-electron chi connectivity index (χ4n) is 1.39. The Balaban J connectivity index is 2.57. The van der Waals surface area contributed by atoms with Crippen molar-refractivity contribution in [3.05, 3.63) is 11.9 Å². The molecule has 18 heavy (non-hydrogen) atoms. The number of nitrogens with one attached hydrogen (secondary N) is 1. The second-order valence-electron chi connectivity index (χ2n) is 3.57. The zero-order chi connectivity index (χ0) is 13.4. The average Bonchev–Trinajstić information content (AvgIpc) is 2.84. The van der Waals surface area contributed by atoms with Gasteiger partial charge in [-0.3, -0.25) is 9.48 Å². The van der Waals surface area contributed by atoms with Crippen molar-refractivity contribution in [2.75, 3.05) is 20.3 Å². The van der Waals surface area contributed by atoms with Crippen molar-refractivity contribution in [2.24, 2.45) is 0 Å². The second kappa shape index (κ2) is 7.78. The second-order valence-corrected chi connectivity index (χ2v) is 3.57. The maximum atomic E-state index is 11.1. The molecule has 0 aliphatic heterocycles. The highest BCUT2D eigenvalue weighted by Crippen LogP contribution is 2.15. The van der Waals surface area contributed by atoms with Crippen LogP contribution in [0.3, 0.4) is 0 Å². The molecule has 0 unspecified atom stereocenters. The van der Waals surface area contributed by atoms with E-state index >= 15 is 0 Å². The summed E-state index contributed by atoms with van der Waals surface area (Å²) in [4.78, 5) is 11.1. The molecular weight excluding hydrogens is 236 g/mol. The van der Waals surface area contributed by atoms with Crippen molar-refractivity contribution >= 4 is 5.91 Å². The number of rotatable bonds is 8. The number of ether oxygens (including phenoxy) is 2. The van der Waals surface area contributed by atoms with Gasteiger partial charge in [0.25, 0.3) is 0 Å². The third-order valence-electron chi connectivity index (χ3n) is 2.28. The van der Waals surface area contributed by atoms with Gasteiger partial charge in [-0.15, -0.1) is 5.10 Å². The van der Waals surface area contributed by atoms with Crippen LogP contribution in [0.4, 0.5) is 0 Å². The summed E-state index contributed by atoms with van der Waals surface area (Å²) in [5, 5.41) is 10.5. The first kappa shape index (κ1) is 14.6. The molecule has 0 aliphatic carbocycles. The lowest BCUT2D eigenvalue weighted by atomic mass is 10.4. The minimum Gasteiger partial charge on any atom is -0.359 e. The van der Waals surface area contributed by atoms with Gasteiger partial charge < -0.3 is 14.8 Å². The van der Waals surface area contributed by atoms with Crippen molar-refractivity contribution in [3.8, 4) is 0 Å². The molecule has 0 radical (unpaired) electrons. The Kier molecular flexibility index (Phi) is 6.31. The monoisotopic (exact) mass is 256 g/mol. The van der Waals surface area contributed by atoms with Crippen LogP contribution in [0.5, 0.6) is 0 Å². The van der Waals surface area contributed by atoms with Crippen molar-refractivity contribution in [1.29, 1.82) is 0 Å². The highest BCUT2D eigenvalue weighted by atomic mass is 16.7. The topological polar surface area (TPSA) is 78.3 Å². The van der Waals surface area contributed by atoms with Gasteiger partial charge in [0.1, 0.15) is 5.69 Å². The number of hydrogen-bond acceptors (Lipinski definition) is 5. The van der Waals surface area contributed by atoms with Crippen LogP contribution in [-0.4, -0.2) is 41.2 Å². The van der Waals surface area contributed by atoms with Crippen LogP contribution in [0.25, 0.3) is 0 Å². The van der Waals surface area contributed by atoms with Gasteiger partial charge >= 0.3 is 0 Å². The smallest absolute Gasteiger partial charge is 0.221 e. The highest BCUT2D eigenvalue weighted by molar-refractivity contribution is 5.75. The molecule has 0 aromatic carbocycles. The van der Waals surface area contributed by atoms with Gasteiger partial charge in [-0.2, -0.15) is 0 Å². The first-order valence-corrected chi connectivity index (χ1v) is 6.05. The molecule has 0 spiro atoms. The van der Waals surface area contributed by atoms with Crippen LogP contribution in [0.2, 0.25) is 0 Å². The Labute approximate surface area is 106 Å². The van der Waals surface area contributed by atoms with Gasteiger partial charge in [0, 0.05) is 26.7 Å². The van der Waals surface area contributed by atoms with Gasteiger partial charge in [0.05, 0.1) is 12.7 Å². The number of nitrogens with zero attached hydrogens (tertiary/aromatic N) is 3. The van der Waals surface area contributed by atoms with E-state index in [1.165, 1.54) is 0 Å². The van der Waals surface area contributed by atoms with Crippen LogP contribution in [-0.2, 0) is 20.8 Å². The molecule has 1 amide bonds. The van der Waals surface area contributed by atoms with Gasteiger partial charge in [-0.1, -0.05) is 5.21 Å². The summed E-state index contributed by atoms with van der Waals surface area (Å²) in [7, 11) is 1.61. The molecule has 7 heteroatoms. The van der Waals surface area contributed by atoms with Crippen molar-refractivity contribution in [2.45, 2.75) is 33.1 Å². The first-order valence-electron chi connectivity index (χ1n) is 6.05. The molecule has 0 atom stereocenters. The predicted molar refractivity (Wildman–Crippen MR) is 64.7 cm³/mol. The summed E-state index contributed by atoms with van der Waals surface area (Å²) >= 11 is 0. The maximum Gasteiger partial charge on any atom is 0.221 e. The lowest BCUT2D eigenvalue weighted by Gasteiger charge is -2.13. The van der Waals surface area contributed by atoms with Crippen LogP contribution in [0, 0.1) is 0 Å². The molecule has 1 aromatic rings. The number of hydrogen-bond donors (Lipinski definition) is 1. The number of aryl methyl sites for hydroxylation is 1. The number of carbonyl (C=O) groups is 1. The van der Waals surface area contributed by atoms with Gasteiger partial charge in [-0.25, -0.2) is 0 Å². The largest absolute Gasteiger partial charge is 0.359 e. The Morgan fingerprint density at radius 2 is 2.11 bits per heavy atom. The Morgan fingerprint density at radius 1 is 1.44 bits per heavy atom.